The van der Waals surface area contributed by atoms with Gasteiger partial charge < -0.3 is 11.1 Å². The number of aromatic nitrogens is 2. The summed E-state index contributed by atoms with van der Waals surface area (Å²) in [5.41, 5.74) is 5.69. The van der Waals surface area contributed by atoms with Crippen LogP contribution in [0, 0.1) is 0 Å². The molecule has 0 aromatic carbocycles. The number of nitrogen functional groups attached to an aromatic ring is 1. The summed E-state index contributed by atoms with van der Waals surface area (Å²) < 4.78 is 10.7. The number of carbonyl (C=O) groups is 1. The summed E-state index contributed by atoms with van der Waals surface area (Å²) in [5, 5.41) is 8.81. The normalized spacial score (nSPS) is 12.3. The lowest BCUT2D eigenvalue weighted by molar-refractivity contribution is 0.0948. The minimum atomic E-state index is -0.812. The zero-order valence-electron chi connectivity index (χ0n) is 8.45. The monoisotopic (exact) mass is 230 g/mol. The van der Waals surface area contributed by atoms with Crippen molar-refractivity contribution in [3.05, 3.63) is 11.8 Å². The van der Waals surface area contributed by atoms with E-state index in [4.69, 9.17) is 5.73 Å². The van der Waals surface area contributed by atoms with Gasteiger partial charge in [-0.25, -0.2) is 0 Å². The number of rotatable bonds is 5. The van der Waals surface area contributed by atoms with Crippen molar-refractivity contribution < 1.29 is 9.00 Å². The largest absolute Gasteiger partial charge is 0.382 e. The zero-order valence-corrected chi connectivity index (χ0v) is 9.26. The molecule has 0 saturated heterocycles. The average Bonchev–Trinajstić information content (AvgIpc) is 2.59. The van der Waals surface area contributed by atoms with Gasteiger partial charge in [-0.05, 0) is 6.42 Å². The summed E-state index contributed by atoms with van der Waals surface area (Å²) in [7, 11) is -0.812. The maximum atomic E-state index is 11.4. The molecule has 1 amide bonds. The molecule has 4 N–H and O–H groups in total. The second kappa shape index (κ2) is 5.50. The lowest BCUT2D eigenvalue weighted by atomic mass is 10.4. The molecule has 6 nitrogen and oxygen atoms in total. The number of nitrogens with two attached hydrogens (primary N) is 1. The number of carbonyl (C=O) groups excluding carboxylic acids is 1. The number of nitrogens with zero attached hydrogens (tertiary/aromatic N) is 1. The molecule has 1 aromatic heterocycles. The van der Waals surface area contributed by atoms with Crippen LogP contribution in [-0.2, 0) is 10.8 Å². The second-order valence-electron chi connectivity index (χ2n) is 3.09. The van der Waals surface area contributed by atoms with Crippen LogP contribution in [0.25, 0.3) is 0 Å². The van der Waals surface area contributed by atoms with Crippen molar-refractivity contribution in [2.45, 2.75) is 6.42 Å². The molecule has 0 aliphatic rings. The zero-order chi connectivity index (χ0) is 11.3. The molecule has 0 saturated carbocycles. The Hall–Kier alpha value is -1.37. The fourth-order valence-electron chi connectivity index (χ4n) is 1.03. The fraction of sp³-hybridized carbons (Fsp3) is 0.500. The first-order chi connectivity index (χ1) is 7.09. The molecule has 1 heterocycles. The van der Waals surface area contributed by atoms with Crippen LogP contribution in [0.5, 0.6) is 0 Å². The smallest absolute Gasteiger partial charge is 0.269 e. The summed E-state index contributed by atoms with van der Waals surface area (Å²) in [6.45, 7) is 0.497. The molecule has 0 bridgehead atoms. The Morgan fingerprint density at radius 2 is 2.47 bits per heavy atom. The van der Waals surface area contributed by atoms with Gasteiger partial charge in [0.25, 0.3) is 5.91 Å². The SMILES string of the molecule is CS(=O)CCCNC(=O)c1cc(N)n[nH]1. The van der Waals surface area contributed by atoms with Gasteiger partial charge in [0.15, 0.2) is 0 Å². The van der Waals surface area contributed by atoms with E-state index in [0.29, 0.717) is 24.4 Å². The molecule has 0 aliphatic carbocycles. The summed E-state index contributed by atoms with van der Waals surface area (Å²) in [4.78, 5) is 11.4. The molecule has 1 unspecified atom stereocenters. The molecule has 15 heavy (non-hydrogen) atoms. The third-order valence-corrected chi connectivity index (χ3v) is 2.60. The highest BCUT2D eigenvalue weighted by atomic mass is 32.2. The molecule has 84 valence electrons. The number of anilines is 1. The standard InChI is InChI=1S/C8H14N4O2S/c1-15(14)4-2-3-10-8(13)6-5-7(9)12-11-6/h5H,2-4H2,1H3,(H,10,13)(H3,9,11,12). The molecular formula is C8H14N4O2S. The number of H-pyrrole nitrogens is 1. The van der Waals surface area contributed by atoms with Crippen molar-refractivity contribution in [2.75, 3.05) is 24.3 Å². The fourth-order valence-corrected chi connectivity index (χ4v) is 1.58. The number of aromatic amines is 1. The Labute approximate surface area is 90.1 Å². The lowest BCUT2D eigenvalue weighted by Gasteiger charge is -2.01. The Kier molecular flexibility index (Phi) is 4.29. The van der Waals surface area contributed by atoms with E-state index in [1.165, 1.54) is 6.07 Å². The number of hydrogen-bond acceptors (Lipinski definition) is 4. The van der Waals surface area contributed by atoms with Crippen LogP contribution in [0.2, 0.25) is 0 Å². The van der Waals surface area contributed by atoms with Crippen molar-refractivity contribution in [3.8, 4) is 0 Å². The molecule has 0 aliphatic heterocycles. The van der Waals surface area contributed by atoms with E-state index >= 15 is 0 Å². The van der Waals surface area contributed by atoms with Crippen LogP contribution < -0.4 is 11.1 Å². The van der Waals surface area contributed by atoms with Gasteiger partial charge in [-0.3, -0.25) is 14.1 Å². The lowest BCUT2D eigenvalue weighted by Crippen LogP contribution is -2.25. The molecular weight excluding hydrogens is 216 g/mol. The second-order valence-corrected chi connectivity index (χ2v) is 4.65. The third kappa shape index (κ3) is 4.11. The molecule has 1 rings (SSSR count). The van der Waals surface area contributed by atoms with E-state index in [0.717, 1.165) is 0 Å². The molecule has 7 heteroatoms. The van der Waals surface area contributed by atoms with Crippen LogP contribution in [0.15, 0.2) is 6.07 Å². The first-order valence-corrected chi connectivity index (χ1v) is 6.21. The van der Waals surface area contributed by atoms with Crippen LogP contribution in [0.3, 0.4) is 0 Å². The van der Waals surface area contributed by atoms with Gasteiger partial charge in [-0.2, -0.15) is 5.10 Å². The Balaban J connectivity index is 2.28. The first kappa shape index (κ1) is 11.7. The minimum Gasteiger partial charge on any atom is -0.382 e. The Morgan fingerprint density at radius 3 is 3.00 bits per heavy atom. The van der Waals surface area contributed by atoms with Crippen molar-refractivity contribution in [3.63, 3.8) is 0 Å². The van der Waals surface area contributed by atoms with Gasteiger partial charge in [0, 0.05) is 35.4 Å². The molecule has 1 aromatic rings. The van der Waals surface area contributed by atoms with E-state index in [1.54, 1.807) is 6.26 Å². The topological polar surface area (TPSA) is 101 Å². The Morgan fingerprint density at radius 1 is 1.73 bits per heavy atom. The highest BCUT2D eigenvalue weighted by molar-refractivity contribution is 7.84. The van der Waals surface area contributed by atoms with Gasteiger partial charge in [0.1, 0.15) is 11.5 Å². The quantitative estimate of drug-likeness (QED) is 0.593. The van der Waals surface area contributed by atoms with E-state index in [1.807, 2.05) is 0 Å². The van der Waals surface area contributed by atoms with E-state index in [9.17, 15) is 9.00 Å². The van der Waals surface area contributed by atoms with E-state index in [-0.39, 0.29) is 11.7 Å². The molecule has 0 fully saturated rings. The van der Waals surface area contributed by atoms with Gasteiger partial charge in [0.2, 0.25) is 0 Å². The average molecular weight is 230 g/mol. The van der Waals surface area contributed by atoms with E-state index < -0.39 is 10.8 Å². The summed E-state index contributed by atoms with van der Waals surface area (Å²) in [6.07, 6.45) is 2.33. The predicted molar refractivity (Wildman–Crippen MR) is 58.9 cm³/mol. The molecule has 0 radical (unpaired) electrons. The maximum Gasteiger partial charge on any atom is 0.269 e. The number of amides is 1. The minimum absolute atomic E-state index is 0.249. The summed E-state index contributed by atoms with van der Waals surface area (Å²) >= 11 is 0. The van der Waals surface area contributed by atoms with Gasteiger partial charge in [0.05, 0.1) is 0 Å². The predicted octanol–water partition coefficient (Wildman–Crippen LogP) is -0.510. The van der Waals surface area contributed by atoms with Gasteiger partial charge in [-0.15, -0.1) is 0 Å². The van der Waals surface area contributed by atoms with Crippen LogP contribution >= 0.6 is 0 Å². The van der Waals surface area contributed by atoms with Crippen molar-refractivity contribution >= 4 is 22.5 Å². The number of nitrogens with one attached hydrogen (secondary N) is 2. The van der Waals surface area contributed by atoms with Crippen LogP contribution in [0.1, 0.15) is 16.9 Å². The van der Waals surface area contributed by atoms with E-state index in [2.05, 4.69) is 15.5 Å². The first-order valence-electron chi connectivity index (χ1n) is 4.48. The maximum absolute atomic E-state index is 11.4. The Bertz CT molecular complexity index is 363. The highest BCUT2D eigenvalue weighted by Gasteiger charge is 2.07. The van der Waals surface area contributed by atoms with Gasteiger partial charge in [-0.1, -0.05) is 0 Å². The van der Waals surface area contributed by atoms with Crippen LogP contribution in [-0.4, -0.2) is 38.9 Å². The summed E-state index contributed by atoms with van der Waals surface area (Å²) in [6, 6.07) is 1.47. The van der Waals surface area contributed by atoms with Crippen molar-refractivity contribution in [1.82, 2.24) is 15.5 Å². The van der Waals surface area contributed by atoms with Crippen molar-refractivity contribution in [2.24, 2.45) is 0 Å². The van der Waals surface area contributed by atoms with Crippen LogP contribution in [0.4, 0.5) is 5.82 Å². The highest BCUT2D eigenvalue weighted by Crippen LogP contribution is 1.99. The third-order valence-electron chi connectivity index (χ3n) is 1.74. The molecule has 0 spiro atoms. The number of hydrogen-bond donors (Lipinski definition) is 3. The summed E-state index contributed by atoms with van der Waals surface area (Å²) in [5.74, 6) is 0.627. The van der Waals surface area contributed by atoms with Crippen molar-refractivity contribution in [1.29, 1.82) is 0 Å². The van der Waals surface area contributed by atoms with Gasteiger partial charge >= 0.3 is 0 Å². The molecule has 1 atom stereocenters.